The van der Waals surface area contributed by atoms with Crippen molar-refractivity contribution in [1.82, 2.24) is 9.55 Å². The maximum atomic E-state index is 3.78. The molecule has 2 aromatic heterocycles. The van der Waals surface area contributed by atoms with Crippen LogP contribution in [0.2, 0.25) is 0 Å². The van der Waals surface area contributed by atoms with Crippen molar-refractivity contribution in [3.8, 4) is 0 Å². The van der Waals surface area contributed by atoms with Crippen LogP contribution in [0.15, 0.2) is 0 Å². The van der Waals surface area contributed by atoms with Crippen molar-refractivity contribution < 1.29 is 0 Å². The van der Waals surface area contributed by atoms with Gasteiger partial charge in [0.2, 0.25) is 0 Å². The van der Waals surface area contributed by atoms with Gasteiger partial charge in [0.05, 0.1) is 5.54 Å². The zero-order chi connectivity index (χ0) is 18.0. The smallest absolute Gasteiger partial charge is 0.0828 e. The number of H-pyrrole nitrogens is 1. The summed E-state index contributed by atoms with van der Waals surface area (Å²) in [5.74, 6) is 0. The molecule has 0 saturated heterocycles. The lowest BCUT2D eigenvalue weighted by Crippen LogP contribution is -2.31. The molecule has 0 aromatic carbocycles. The van der Waals surface area contributed by atoms with Crippen LogP contribution in [0.3, 0.4) is 0 Å². The molecule has 1 aliphatic rings. The number of rotatable bonds is 3. The number of nitrogens with zero attached hydrogens (tertiary/aromatic N) is 1. The Balaban J connectivity index is 2.33. The van der Waals surface area contributed by atoms with Crippen LogP contribution in [0.25, 0.3) is 0 Å². The van der Waals surface area contributed by atoms with Gasteiger partial charge in [-0.1, -0.05) is 27.7 Å². The summed E-state index contributed by atoms with van der Waals surface area (Å²) in [6, 6.07) is 0. The van der Waals surface area contributed by atoms with E-state index in [1.165, 1.54) is 33.8 Å². The van der Waals surface area contributed by atoms with Crippen LogP contribution in [0.5, 0.6) is 0 Å². The molecule has 2 aromatic rings. The second-order valence-corrected chi connectivity index (χ2v) is 8.64. The largest absolute Gasteiger partial charge is 0.360 e. The average molecular weight is 327 g/mol. The van der Waals surface area contributed by atoms with Crippen LogP contribution in [-0.4, -0.2) is 9.55 Å². The second kappa shape index (κ2) is 5.28. The molecule has 3 rings (SSSR count). The number of hydrogen-bond acceptors (Lipinski definition) is 0. The highest BCUT2D eigenvalue weighted by atomic mass is 15.1. The molecule has 0 fully saturated rings. The third kappa shape index (κ3) is 2.01. The molecule has 2 nitrogen and oxygen atoms in total. The van der Waals surface area contributed by atoms with Gasteiger partial charge in [-0.05, 0) is 76.1 Å². The minimum Gasteiger partial charge on any atom is -0.360 e. The molecule has 0 aliphatic carbocycles. The van der Waals surface area contributed by atoms with Crippen LogP contribution >= 0.6 is 0 Å². The first kappa shape index (κ1) is 17.4. The lowest BCUT2D eigenvalue weighted by molar-refractivity contribution is 0.351. The van der Waals surface area contributed by atoms with E-state index in [1.807, 2.05) is 0 Å². The molecule has 3 heterocycles. The van der Waals surface area contributed by atoms with Gasteiger partial charge >= 0.3 is 0 Å². The van der Waals surface area contributed by atoms with Crippen molar-refractivity contribution in [3.05, 3.63) is 45.0 Å². The number of nitrogens with one attached hydrogen (secondary N) is 1. The van der Waals surface area contributed by atoms with E-state index in [4.69, 9.17) is 0 Å². The zero-order valence-corrected chi connectivity index (χ0v) is 17.1. The van der Waals surface area contributed by atoms with Gasteiger partial charge in [0, 0.05) is 28.2 Å². The molecule has 1 N–H and O–H groups in total. The van der Waals surface area contributed by atoms with Gasteiger partial charge in [0.25, 0.3) is 0 Å². The Morgan fingerprint density at radius 2 is 1.50 bits per heavy atom. The number of fused-ring (bicyclic) bond motifs is 1. The summed E-state index contributed by atoms with van der Waals surface area (Å²) < 4.78 is 2.67. The van der Waals surface area contributed by atoms with Crippen LogP contribution in [0.1, 0.15) is 86.1 Å². The Morgan fingerprint density at radius 1 is 0.917 bits per heavy atom. The fourth-order valence-corrected chi connectivity index (χ4v) is 5.91. The lowest BCUT2D eigenvalue weighted by atomic mass is 9.78. The van der Waals surface area contributed by atoms with E-state index in [2.05, 4.69) is 71.9 Å². The Bertz CT molecular complexity index is 801. The van der Waals surface area contributed by atoms with E-state index in [0.29, 0.717) is 0 Å². The van der Waals surface area contributed by atoms with E-state index >= 15 is 0 Å². The summed E-state index contributed by atoms with van der Waals surface area (Å²) in [4.78, 5) is 3.78. The van der Waals surface area contributed by atoms with Gasteiger partial charge in [-0.2, -0.15) is 0 Å². The van der Waals surface area contributed by atoms with Gasteiger partial charge in [0.15, 0.2) is 0 Å². The fourth-order valence-electron chi connectivity index (χ4n) is 5.91. The summed E-state index contributed by atoms with van der Waals surface area (Å²) in [5, 5.41) is 0. The Hall–Kier alpha value is -1.44. The Morgan fingerprint density at radius 3 is 2.00 bits per heavy atom. The topological polar surface area (TPSA) is 20.7 Å². The minimum absolute atomic E-state index is 0.0172. The number of aromatic nitrogens is 2. The predicted octanol–water partition coefficient (Wildman–Crippen LogP) is 5.62. The molecule has 2 heteroatoms. The van der Waals surface area contributed by atoms with Crippen molar-refractivity contribution in [2.24, 2.45) is 0 Å². The molecular formula is C22H34N2. The van der Waals surface area contributed by atoms with Crippen molar-refractivity contribution >= 4 is 0 Å². The molecule has 1 atom stereocenters. The van der Waals surface area contributed by atoms with Crippen LogP contribution in [0.4, 0.5) is 0 Å². The summed E-state index contributed by atoms with van der Waals surface area (Å²) >= 11 is 0. The maximum absolute atomic E-state index is 3.78. The molecule has 1 unspecified atom stereocenters. The predicted molar refractivity (Wildman–Crippen MR) is 103 cm³/mol. The normalized spacial score (nSPS) is 22.2. The fraction of sp³-hybridized carbons (Fsp3) is 0.636. The number of aromatic amines is 1. The van der Waals surface area contributed by atoms with E-state index in [1.54, 1.807) is 11.3 Å². The lowest BCUT2D eigenvalue weighted by Gasteiger charge is -2.31. The first-order valence-corrected chi connectivity index (χ1v) is 9.50. The third-order valence-electron chi connectivity index (χ3n) is 6.56. The molecule has 0 radical (unpaired) electrons. The van der Waals surface area contributed by atoms with Crippen LogP contribution in [0, 0.1) is 27.7 Å². The minimum atomic E-state index is 0.0172. The van der Waals surface area contributed by atoms with E-state index in [9.17, 15) is 0 Å². The highest BCUT2D eigenvalue weighted by Gasteiger charge is 2.49. The Labute approximate surface area is 147 Å². The van der Waals surface area contributed by atoms with Crippen LogP contribution < -0.4 is 0 Å². The quantitative estimate of drug-likeness (QED) is 0.756. The van der Waals surface area contributed by atoms with E-state index < -0.39 is 0 Å². The zero-order valence-electron chi connectivity index (χ0n) is 17.1. The first-order valence-electron chi connectivity index (χ1n) is 9.50. The first-order chi connectivity index (χ1) is 11.1. The van der Waals surface area contributed by atoms with Gasteiger partial charge < -0.3 is 9.55 Å². The highest BCUT2D eigenvalue weighted by molar-refractivity contribution is 5.49. The molecule has 0 bridgehead atoms. The summed E-state index contributed by atoms with van der Waals surface area (Å²) in [5.41, 5.74) is 12.0. The summed E-state index contributed by atoms with van der Waals surface area (Å²) in [6.07, 6.45) is 3.38. The van der Waals surface area contributed by atoms with Crippen LogP contribution in [-0.2, 0) is 23.8 Å². The standard InChI is InChI=1S/C22H34N2/c1-10-17-13(3)19(23-15(17)5)22(9)12-21(7,8)20-14(4)18(11-2)16(6)24(20)22/h23H,10-12H2,1-9H3. The molecule has 0 spiro atoms. The number of aryl methyl sites for hydroxylation is 1. The van der Waals surface area contributed by atoms with Crippen molar-refractivity contribution in [2.45, 2.75) is 92.5 Å². The maximum Gasteiger partial charge on any atom is 0.0828 e. The third-order valence-corrected chi connectivity index (χ3v) is 6.56. The summed E-state index contributed by atoms with van der Waals surface area (Å²) in [6.45, 7) is 21.0. The monoisotopic (exact) mass is 326 g/mol. The molecule has 24 heavy (non-hydrogen) atoms. The average Bonchev–Trinajstić information content (AvgIpc) is 3.00. The van der Waals surface area contributed by atoms with Crippen molar-refractivity contribution in [3.63, 3.8) is 0 Å². The molecule has 0 saturated carbocycles. The number of hydrogen-bond donors (Lipinski definition) is 1. The molecule has 0 amide bonds. The van der Waals surface area contributed by atoms with E-state index in [0.717, 1.165) is 19.3 Å². The van der Waals surface area contributed by atoms with Gasteiger partial charge in [-0.25, -0.2) is 0 Å². The van der Waals surface area contributed by atoms with Crippen molar-refractivity contribution in [1.29, 1.82) is 0 Å². The summed E-state index contributed by atoms with van der Waals surface area (Å²) in [7, 11) is 0. The van der Waals surface area contributed by atoms with Gasteiger partial charge in [0.1, 0.15) is 0 Å². The van der Waals surface area contributed by atoms with Gasteiger partial charge in [-0.3, -0.25) is 0 Å². The van der Waals surface area contributed by atoms with Crippen molar-refractivity contribution in [2.75, 3.05) is 0 Å². The highest BCUT2D eigenvalue weighted by Crippen LogP contribution is 2.52. The molecular weight excluding hydrogens is 292 g/mol. The second-order valence-electron chi connectivity index (χ2n) is 8.64. The molecule has 1 aliphatic heterocycles. The van der Waals surface area contributed by atoms with Gasteiger partial charge in [-0.15, -0.1) is 0 Å². The van der Waals surface area contributed by atoms with E-state index in [-0.39, 0.29) is 11.0 Å². The SMILES string of the molecule is CCc1c(C)[nH]c(C2(C)CC(C)(C)c3c(C)c(CC)c(C)n32)c1C. The molecule has 132 valence electrons. The Kier molecular flexibility index (Phi) is 3.82.